The van der Waals surface area contributed by atoms with Crippen LogP contribution in [0.2, 0.25) is 0 Å². The fourth-order valence-corrected chi connectivity index (χ4v) is 5.36. The van der Waals surface area contributed by atoms with E-state index in [0.717, 1.165) is 24.3 Å². The quantitative estimate of drug-likeness (QED) is 0.860. The molecule has 0 spiro atoms. The van der Waals surface area contributed by atoms with Crippen LogP contribution in [0.5, 0.6) is 0 Å². The largest absolute Gasteiger partial charge is 0.344 e. The number of halogens is 1. The van der Waals surface area contributed by atoms with E-state index in [1.807, 2.05) is 19.0 Å². The Labute approximate surface area is 122 Å². The molecule has 0 aliphatic heterocycles. The van der Waals surface area contributed by atoms with Gasteiger partial charge in [-0.05, 0) is 68.7 Å². The molecule has 3 nitrogen and oxygen atoms in total. The first-order valence-electron chi connectivity index (χ1n) is 7.49. The molecule has 4 bridgehead atoms. The van der Waals surface area contributed by atoms with Crippen molar-refractivity contribution in [3.63, 3.8) is 0 Å². The van der Waals surface area contributed by atoms with Gasteiger partial charge in [-0.15, -0.1) is 12.4 Å². The normalized spacial score (nSPS) is 38.9. The number of hydrogen-bond acceptors (Lipinski definition) is 2. The molecule has 4 rings (SSSR count). The molecule has 0 aromatic heterocycles. The van der Waals surface area contributed by atoms with Gasteiger partial charge in [-0.2, -0.15) is 0 Å². The highest BCUT2D eigenvalue weighted by molar-refractivity contribution is 5.85. The summed E-state index contributed by atoms with van der Waals surface area (Å²) in [5, 5.41) is 2.97. The molecule has 4 saturated carbocycles. The lowest BCUT2D eigenvalue weighted by molar-refractivity contribution is -0.134. The monoisotopic (exact) mass is 286 g/mol. The molecule has 0 unspecified atom stereocenters. The van der Waals surface area contributed by atoms with Gasteiger partial charge in [0.2, 0.25) is 5.91 Å². The molecule has 0 saturated heterocycles. The second-order valence-electron chi connectivity index (χ2n) is 7.20. The summed E-state index contributed by atoms with van der Waals surface area (Å²) in [6.07, 6.45) is 8.59. The first-order chi connectivity index (χ1) is 8.60. The van der Waals surface area contributed by atoms with E-state index in [4.69, 9.17) is 0 Å². The van der Waals surface area contributed by atoms with E-state index in [2.05, 4.69) is 5.32 Å². The average Bonchev–Trinajstić information content (AvgIpc) is 2.26. The Balaban J connectivity index is 0.00000133. The number of carbonyl (C=O) groups excluding carboxylic acids is 1. The smallest absolute Gasteiger partial charge is 0.236 e. The maximum atomic E-state index is 11.9. The van der Waals surface area contributed by atoms with E-state index in [0.29, 0.717) is 12.0 Å². The van der Waals surface area contributed by atoms with Crippen LogP contribution in [0.1, 0.15) is 38.5 Å². The summed E-state index contributed by atoms with van der Waals surface area (Å²) in [5.41, 5.74) is 0.479. The third kappa shape index (κ3) is 2.92. The fourth-order valence-electron chi connectivity index (χ4n) is 5.36. The maximum absolute atomic E-state index is 11.9. The fraction of sp³-hybridized carbons (Fsp3) is 0.933. The van der Waals surface area contributed by atoms with Crippen molar-refractivity contribution in [3.8, 4) is 0 Å². The third-order valence-corrected chi connectivity index (χ3v) is 5.49. The van der Waals surface area contributed by atoms with Crippen LogP contribution >= 0.6 is 12.4 Å². The van der Waals surface area contributed by atoms with Crippen molar-refractivity contribution in [1.29, 1.82) is 0 Å². The number of nitrogens with one attached hydrogen (secondary N) is 1. The van der Waals surface area contributed by atoms with Gasteiger partial charge in [0.25, 0.3) is 0 Å². The summed E-state index contributed by atoms with van der Waals surface area (Å²) in [6, 6.07) is 0. The van der Waals surface area contributed by atoms with Crippen LogP contribution in [-0.2, 0) is 4.79 Å². The minimum atomic E-state index is 0. The van der Waals surface area contributed by atoms with E-state index >= 15 is 0 Å². The second-order valence-corrected chi connectivity index (χ2v) is 7.20. The summed E-state index contributed by atoms with van der Waals surface area (Å²) < 4.78 is 0. The van der Waals surface area contributed by atoms with E-state index in [9.17, 15) is 4.79 Å². The average molecular weight is 287 g/mol. The zero-order valence-electron chi connectivity index (χ0n) is 12.2. The van der Waals surface area contributed by atoms with Crippen molar-refractivity contribution in [2.24, 2.45) is 23.2 Å². The Kier molecular flexibility index (Phi) is 4.46. The first kappa shape index (κ1) is 15.1. The van der Waals surface area contributed by atoms with Crippen molar-refractivity contribution in [2.45, 2.75) is 38.5 Å². The number of likely N-dealkylation sites (N-methyl/N-ethyl adjacent to an activating group) is 2. The Bertz CT molecular complexity index is 310. The topological polar surface area (TPSA) is 32.3 Å². The molecular weight excluding hydrogens is 260 g/mol. The number of amides is 1. The summed E-state index contributed by atoms with van der Waals surface area (Å²) >= 11 is 0. The number of rotatable bonds is 4. The van der Waals surface area contributed by atoms with Crippen LogP contribution < -0.4 is 5.32 Å². The first-order valence-corrected chi connectivity index (χ1v) is 7.49. The van der Waals surface area contributed by atoms with E-state index < -0.39 is 0 Å². The van der Waals surface area contributed by atoms with Crippen molar-refractivity contribution < 1.29 is 4.79 Å². The van der Waals surface area contributed by atoms with Crippen molar-refractivity contribution in [1.82, 2.24) is 10.2 Å². The van der Waals surface area contributed by atoms with Crippen molar-refractivity contribution in [2.75, 3.05) is 27.2 Å². The number of nitrogens with zero attached hydrogens (tertiary/aromatic N) is 1. The van der Waals surface area contributed by atoms with Crippen LogP contribution in [0.15, 0.2) is 0 Å². The van der Waals surface area contributed by atoms with E-state index in [1.165, 1.54) is 38.5 Å². The summed E-state index contributed by atoms with van der Waals surface area (Å²) in [7, 11) is 3.83. The van der Waals surface area contributed by atoms with Gasteiger partial charge < -0.3 is 10.2 Å². The van der Waals surface area contributed by atoms with Crippen LogP contribution in [-0.4, -0.2) is 38.0 Å². The molecule has 1 amide bonds. The Morgan fingerprint density at radius 3 is 2.05 bits per heavy atom. The van der Waals surface area contributed by atoms with Gasteiger partial charge in [-0.1, -0.05) is 0 Å². The molecule has 4 heteroatoms. The molecule has 4 aliphatic rings. The van der Waals surface area contributed by atoms with Gasteiger partial charge >= 0.3 is 0 Å². The Hall–Kier alpha value is -0.280. The highest BCUT2D eigenvalue weighted by atomic mass is 35.5. The van der Waals surface area contributed by atoms with Gasteiger partial charge in [-0.25, -0.2) is 0 Å². The molecule has 0 aromatic rings. The second kappa shape index (κ2) is 5.61. The van der Waals surface area contributed by atoms with Gasteiger partial charge in [0.15, 0.2) is 0 Å². The third-order valence-electron chi connectivity index (χ3n) is 5.49. The van der Waals surface area contributed by atoms with Gasteiger partial charge in [-0.3, -0.25) is 4.79 Å². The molecule has 1 N–H and O–H groups in total. The molecule has 0 radical (unpaired) electrons. The Morgan fingerprint density at radius 1 is 1.16 bits per heavy atom. The minimum absolute atomic E-state index is 0. The zero-order chi connectivity index (χ0) is 12.8. The van der Waals surface area contributed by atoms with Crippen LogP contribution in [0, 0.1) is 23.2 Å². The van der Waals surface area contributed by atoms with Crippen LogP contribution in [0.3, 0.4) is 0 Å². The lowest BCUT2D eigenvalue weighted by atomic mass is 9.49. The van der Waals surface area contributed by atoms with Gasteiger partial charge in [0.1, 0.15) is 0 Å². The molecule has 4 fully saturated rings. The molecule has 19 heavy (non-hydrogen) atoms. The summed E-state index contributed by atoms with van der Waals surface area (Å²) in [6.45, 7) is 1.47. The predicted molar refractivity (Wildman–Crippen MR) is 79.4 cm³/mol. The standard InChI is InChI=1S/C15H26N2O.ClH/c1-16-9-14(18)17(2)10-15-6-11-3-12(7-15)5-13(4-11)8-15;/h11-13,16H,3-10H2,1-2H3;1H. The minimum Gasteiger partial charge on any atom is -0.344 e. The van der Waals surface area contributed by atoms with Crippen molar-refractivity contribution in [3.05, 3.63) is 0 Å². The van der Waals surface area contributed by atoms with Crippen LogP contribution in [0.4, 0.5) is 0 Å². The molecular formula is C15H27ClN2O. The van der Waals surface area contributed by atoms with Gasteiger partial charge in [0, 0.05) is 13.6 Å². The lowest BCUT2D eigenvalue weighted by Gasteiger charge is -2.57. The highest BCUT2D eigenvalue weighted by Crippen LogP contribution is 2.60. The number of hydrogen-bond donors (Lipinski definition) is 1. The van der Waals surface area contributed by atoms with E-state index in [-0.39, 0.29) is 18.3 Å². The molecule has 0 aromatic carbocycles. The van der Waals surface area contributed by atoms with Crippen molar-refractivity contribution >= 4 is 18.3 Å². The molecule has 0 atom stereocenters. The maximum Gasteiger partial charge on any atom is 0.236 e. The summed E-state index contributed by atoms with van der Waals surface area (Å²) in [4.78, 5) is 13.9. The predicted octanol–water partition coefficient (Wildman–Crippen LogP) is 2.30. The molecule has 4 aliphatic carbocycles. The Morgan fingerprint density at radius 2 is 1.63 bits per heavy atom. The van der Waals surface area contributed by atoms with E-state index in [1.54, 1.807) is 0 Å². The molecule has 110 valence electrons. The van der Waals surface area contributed by atoms with Crippen LogP contribution in [0.25, 0.3) is 0 Å². The lowest BCUT2D eigenvalue weighted by Crippen LogP contribution is -2.52. The molecule has 0 heterocycles. The zero-order valence-corrected chi connectivity index (χ0v) is 13.0. The summed E-state index contributed by atoms with van der Waals surface area (Å²) in [5.74, 6) is 3.17. The van der Waals surface area contributed by atoms with Gasteiger partial charge in [0.05, 0.1) is 6.54 Å². The number of carbonyl (C=O) groups is 1. The highest BCUT2D eigenvalue weighted by Gasteiger charge is 2.51. The SMILES string of the molecule is CNCC(=O)N(C)CC12CC3CC(CC(C3)C1)C2.Cl.